The third kappa shape index (κ3) is 2.77. The smallest absolute Gasteiger partial charge is 0.272 e. The summed E-state index contributed by atoms with van der Waals surface area (Å²) >= 11 is 0. The number of hydrogen-bond donors (Lipinski definition) is 0. The van der Waals surface area contributed by atoms with Gasteiger partial charge < -0.3 is 9.64 Å². The summed E-state index contributed by atoms with van der Waals surface area (Å²) in [5, 5.41) is 0. The van der Waals surface area contributed by atoms with Crippen LogP contribution in [0.1, 0.15) is 13.8 Å². The molecular weight excluding hydrogens is 226 g/mol. The molecule has 2 saturated heterocycles. The van der Waals surface area contributed by atoms with Gasteiger partial charge in [-0.3, -0.25) is 4.90 Å². The third-order valence-corrected chi connectivity index (χ3v) is 3.62. The first-order valence-electron chi connectivity index (χ1n) is 6.03. The Kier molecular flexibility index (Phi) is 3.41. The summed E-state index contributed by atoms with van der Waals surface area (Å²) in [4.78, 5) is 3.94. The maximum absolute atomic E-state index is 12.8. The highest BCUT2D eigenvalue weighted by Crippen LogP contribution is 2.30. The van der Waals surface area contributed by atoms with Crippen LogP contribution in [0.25, 0.3) is 0 Å². The Hall–Kier alpha value is -0.680. The SMILES string of the molecule is C=C(C)N1CCO[C@@H](C(C)N2CC(F)(F)C2)C1. The van der Waals surface area contributed by atoms with E-state index >= 15 is 0 Å². The number of nitrogens with zero attached hydrogens (tertiary/aromatic N) is 2. The lowest BCUT2D eigenvalue weighted by molar-refractivity contribution is -0.168. The Balaban J connectivity index is 1.87. The van der Waals surface area contributed by atoms with Crippen LogP contribution < -0.4 is 0 Å². The van der Waals surface area contributed by atoms with E-state index in [1.807, 2.05) is 13.8 Å². The molecule has 0 radical (unpaired) electrons. The van der Waals surface area contributed by atoms with Crippen molar-refractivity contribution in [3.8, 4) is 0 Å². The van der Waals surface area contributed by atoms with Gasteiger partial charge in [-0.05, 0) is 13.8 Å². The molecule has 2 aliphatic heterocycles. The highest BCUT2D eigenvalue weighted by Gasteiger charge is 2.47. The van der Waals surface area contributed by atoms with E-state index in [0.29, 0.717) is 6.61 Å². The minimum Gasteiger partial charge on any atom is -0.373 e. The normalized spacial score (nSPS) is 30.8. The van der Waals surface area contributed by atoms with Gasteiger partial charge in [0.05, 0.1) is 25.8 Å². The Morgan fingerprint density at radius 3 is 2.65 bits per heavy atom. The Morgan fingerprint density at radius 1 is 1.47 bits per heavy atom. The Labute approximate surface area is 101 Å². The van der Waals surface area contributed by atoms with Gasteiger partial charge in [-0.1, -0.05) is 6.58 Å². The van der Waals surface area contributed by atoms with E-state index < -0.39 is 5.92 Å². The van der Waals surface area contributed by atoms with Gasteiger partial charge in [-0.15, -0.1) is 0 Å². The van der Waals surface area contributed by atoms with Crippen molar-refractivity contribution in [1.29, 1.82) is 0 Å². The molecule has 0 aliphatic carbocycles. The second-order valence-electron chi connectivity index (χ2n) is 5.09. The van der Waals surface area contributed by atoms with E-state index in [1.54, 1.807) is 4.90 Å². The standard InChI is InChI=1S/C12H20F2N2O/c1-9(2)15-4-5-17-11(6-15)10(3)16-7-12(13,14)8-16/h10-11H,1,4-8H2,2-3H3/t10?,11-/m1/s1. The summed E-state index contributed by atoms with van der Waals surface area (Å²) in [6, 6.07) is 0.0387. The maximum atomic E-state index is 12.8. The summed E-state index contributed by atoms with van der Waals surface area (Å²) in [6.07, 6.45) is -0.00319. The monoisotopic (exact) mass is 246 g/mol. The summed E-state index contributed by atoms with van der Waals surface area (Å²) in [5.74, 6) is -2.50. The number of likely N-dealkylation sites (tertiary alicyclic amines) is 1. The fourth-order valence-corrected chi connectivity index (χ4v) is 2.39. The molecule has 0 aromatic carbocycles. The number of morpholine rings is 1. The van der Waals surface area contributed by atoms with E-state index in [9.17, 15) is 8.78 Å². The molecule has 0 bridgehead atoms. The van der Waals surface area contributed by atoms with Crippen molar-refractivity contribution in [1.82, 2.24) is 9.80 Å². The van der Waals surface area contributed by atoms with Gasteiger partial charge in [0.1, 0.15) is 0 Å². The third-order valence-electron chi connectivity index (χ3n) is 3.62. The first kappa shape index (κ1) is 12.8. The predicted octanol–water partition coefficient (Wildman–Crippen LogP) is 1.56. The van der Waals surface area contributed by atoms with Crippen LogP contribution in [0.2, 0.25) is 0 Å². The van der Waals surface area contributed by atoms with Gasteiger partial charge in [0.2, 0.25) is 0 Å². The van der Waals surface area contributed by atoms with Crippen LogP contribution in [0, 0.1) is 0 Å². The average molecular weight is 246 g/mol. The van der Waals surface area contributed by atoms with E-state index in [2.05, 4.69) is 11.5 Å². The summed E-state index contributed by atoms with van der Waals surface area (Å²) < 4.78 is 31.3. The van der Waals surface area contributed by atoms with Crippen molar-refractivity contribution >= 4 is 0 Å². The molecule has 0 spiro atoms. The molecule has 1 unspecified atom stereocenters. The van der Waals surface area contributed by atoms with Crippen molar-refractivity contribution in [2.75, 3.05) is 32.8 Å². The Morgan fingerprint density at radius 2 is 2.12 bits per heavy atom. The number of halogens is 2. The van der Waals surface area contributed by atoms with Crippen molar-refractivity contribution < 1.29 is 13.5 Å². The number of ether oxygens (including phenoxy) is 1. The Bertz CT molecular complexity index is 301. The minimum atomic E-state index is -2.50. The zero-order chi connectivity index (χ0) is 12.6. The quantitative estimate of drug-likeness (QED) is 0.751. The number of rotatable bonds is 3. The summed E-state index contributed by atoms with van der Waals surface area (Å²) in [6.45, 7) is 9.79. The number of hydrogen-bond acceptors (Lipinski definition) is 3. The molecular formula is C12H20F2N2O. The lowest BCUT2D eigenvalue weighted by Gasteiger charge is -2.47. The van der Waals surface area contributed by atoms with Crippen LogP contribution in [0.5, 0.6) is 0 Å². The van der Waals surface area contributed by atoms with Crippen LogP contribution in [-0.2, 0) is 4.74 Å². The maximum Gasteiger partial charge on any atom is 0.272 e. The van der Waals surface area contributed by atoms with Gasteiger partial charge >= 0.3 is 0 Å². The molecule has 2 atom stereocenters. The second kappa shape index (κ2) is 4.53. The van der Waals surface area contributed by atoms with Crippen molar-refractivity contribution in [3.63, 3.8) is 0 Å². The van der Waals surface area contributed by atoms with Gasteiger partial charge in [-0.2, -0.15) is 0 Å². The molecule has 2 fully saturated rings. The number of allylic oxidation sites excluding steroid dienone is 1. The fourth-order valence-electron chi connectivity index (χ4n) is 2.39. The zero-order valence-electron chi connectivity index (χ0n) is 10.5. The zero-order valence-corrected chi connectivity index (χ0v) is 10.5. The lowest BCUT2D eigenvalue weighted by Crippen LogP contribution is -2.63. The van der Waals surface area contributed by atoms with Crippen molar-refractivity contribution in [2.45, 2.75) is 31.9 Å². The molecule has 0 aromatic rings. The highest BCUT2D eigenvalue weighted by molar-refractivity contribution is 4.97. The van der Waals surface area contributed by atoms with E-state index in [4.69, 9.17) is 4.74 Å². The van der Waals surface area contributed by atoms with Crippen molar-refractivity contribution in [2.24, 2.45) is 0 Å². The highest BCUT2D eigenvalue weighted by atomic mass is 19.3. The first-order chi connectivity index (χ1) is 7.89. The second-order valence-corrected chi connectivity index (χ2v) is 5.09. The van der Waals surface area contributed by atoms with Crippen LogP contribution in [0.4, 0.5) is 8.78 Å². The molecule has 0 amide bonds. The largest absolute Gasteiger partial charge is 0.373 e. The van der Waals surface area contributed by atoms with E-state index in [0.717, 1.165) is 18.8 Å². The van der Waals surface area contributed by atoms with E-state index in [-0.39, 0.29) is 25.2 Å². The predicted molar refractivity (Wildman–Crippen MR) is 62.1 cm³/mol. The topological polar surface area (TPSA) is 15.7 Å². The summed E-state index contributed by atoms with van der Waals surface area (Å²) in [7, 11) is 0. The van der Waals surface area contributed by atoms with Crippen molar-refractivity contribution in [3.05, 3.63) is 12.3 Å². The molecule has 98 valence electrons. The first-order valence-corrected chi connectivity index (χ1v) is 6.03. The molecule has 3 nitrogen and oxygen atoms in total. The molecule has 0 saturated carbocycles. The molecule has 0 N–H and O–H groups in total. The molecule has 2 rings (SSSR count). The summed E-state index contributed by atoms with van der Waals surface area (Å²) in [5.41, 5.74) is 1.01. The van der Waals surface area contributed by atoms with Crippen LogP contribution in [-0.4, -0.2) is 60.7 Å². The van der Waals surface area contributed by atoms with Gasteiger partial charge in [0, 0.05) is 24.8 Å². The fraction of sp³-hybridized carbons (Fsp3) is 0.833. The van der Waals surface area contributed by atoms with Crippen LogP contribution in [0.3, 0.4) is 0 Å². The van der Waals surface area contributed by atoms with Gasteiger partial charge in [-0.25, -0.2) is 8.78 Å². The van der Waals surface area contributed by atoms with Gasteiger partial charge in [0.25, 0.3) is 5.92 Å². The van der Waals surface area contributed by atoms with Crippen LogP contribution >= 0.6 is 0 Å². The van der Waals surface area contributed by atoms with E-state index in [1.165, 1.54) is 0 Å². The molecule has 2 heterocycles. The molecule has 5 heteroatoms. The average Bonchev–Trinajstić information content (AvgIpc) is 2.25. The molecule has 0 aromatic heterocycles. The molecule has 17 heavy (non-hydrogen) atoms. The minimum absolute atomic E-state index is 0.00319. The lowest BCUT2D eigenvalue weighted by atomic mass is 10.0. The van der Waals surface area contributed by atoms with Crippen LogP contribution in [0.15, 0.2) is 12.3 Å². The number of alkyl halides is 2. The van der Waals surface area contributed by atoms with Gasteiger partial charge in [0.15, 0.2) is 0 Å². The molecule has 2 aliphatic rings.